The summed E-state index contributed by atoms with van der Waals surface area (Å²) in [7, 11) is 0. The van der Waals surface area contributed by atoms with Crippen molar-refractivity contribution in [3.8, 4) is 0 Å². The van der Waals surface area contributed by atoms with E-state index in [-0.39, 0.29) is 0 Å². The van der Waals surface area contributed by atoms with E-state index in [0.717, 1.165) is 34.1 Å². The van der Waals surface area contributed by atoms with Crippen molar-refractivity contribution in [2.45, 2.75) is 25.9 Å². The zero-order valence-electron chi connectivity index (χ0n) is 9.83. The molecule has 0 fully saturated rings. The molecule has 0 aromatic rings. The molecule has 2 heterocycles. The number of hydrogen-bond acceptors (Lipinski definition) is 4. The first-order valence-corrected chi connectivity index (χ1v) is 5.66. The van der Waals surface area contributed by atoms with Crippen molar-refractivity contribution in [1.29, 1.82) is 0 Å². The zero-order valence-corrected chi connectivity index (χ0v) is 9.83. The highest BCUT2D eigenvalue weighted by molar-refractivity contribution is 6.16. The number of carbonyl (C=O) groups excluding carboxylic acids is 4. The molecular weight excluding hydrogens is 236 g/mol. The molecule has 94 valence electrons. The Morgan fingerprint density at radius 2 is 1.17 bits per heavy atom. The molecule has 2 aliphatic heterocycles. The van der Waals surface area contributed by atoms with Gasteiger partial charge in [0.2, 0.25) is 0 Å². The normalized spacial score (nSPS) is 19.0. The van der Waals surface area contributed by atoms with Gasteiger partial charge in [-0.1, -0.05) is 13.3 Å². The lowest BCUT2D eigenvalue weighted by molar-refractivity contribution is -0.152. The smallest absolute Gasteiger partial charge is 0.255 e. The monoisotopic (exact) mass is 248 g/mol. The van der Waals surface area contributed by atoms with Crippen LogP contribution in [0.4, 0.5) is 0 Å². The first-order chi connectivity index (χ1) is 8.56. The molecule has 2 aliphatic rings. The molecule has 4 amide bonds. The van der Waals surface area contributed by atoms with Crippen molar-refractivity contribution < 1.29 is 19.2 Å². The third-order valence-corrected chi connectivity index (χ3v) is 2.83. The largest absolute Gasteiger partial charge is 0.269 e. The average Bonchev–Trinajstić information content (AvgIpc) is 2.82. The molecule has 0 aromatic carbocycles. The van der Waals surface area contributed by atoms with Gasteiger partial charge in [0.15, 0.2) is 0 Å². The highest BCUT2D eigenvalue weighted by Gasteiger charge is 2.40. The Hall–Kier alpha value is -2.24. The quantitative estimate of drug-likeness (QED) is 0.654. The maximum atomic E-state index is 11.6. The van der Waals surface area contributed by atoms with E-state index in [4.69, 9.17) is 0 Å². The van der Waals surface area contributed by atoms with Crippen molar-refractivity contribution >= 4 is 23.6 Å². The standard InChI is InChI=1S/C12H12N2O4/c1-2-3-8(13-9(15)4-5-10(13)16)14-11(17)6-7-12(14)18/h4-8H,2-3H2,1H3. The maximum Gasteiger partial charge on any atom is 0.255 e. The third kappa shape index (κ3) is 1.85. The summed E-state index contributed by atoms with van der Waals surface area (Å²) in [6.45, 7) is 1.85. The average molecular weight is 248 g/mol. The summed E-state index contributed by atoms with van der Waals surface area (Å²) in [5, 5.41) is 0. The van der Waals surface area contributed by atoms with Gasteiger partial charge >= 0.3 is 0 Å². The molecule has 0 saturated heterocycles. The van der Waals surface area contributed by atoms with Gasteiger partial charge in [0.1, 0.15) is 6.17 Å². The Morgan fingerprint density at radius 1 is 0.833 bits per heavy atom. The molecule has 0 atom stereocenters. The summed E-state index contributed by atoms with van der Waals surface area (Å²) in [6.07, 6.45) is 4.75. The van der Waals surface area contributed by atoms with Crippen LogP contribution in [0.25, 0.3) is 0 Å². The number of imide groups is 2. The Morgan fingerprint density at radius 3 is 1.44 bits per heavy atom. The van der Waals surface area contributed by atoms with Gasteiger partial charge in [-0.25, -0.2) is 0 Å². The van der Waals surface area contributed by atoms with Gasteiger partial charge in [0, 0.05) is 24.3 Å². The van der Waals surface area contributed by atoms with Crippen LogP contribution in [0.5, 0.6) is 0 Å². The Kier molecular flexibility index (Phi) is 3.10. The molecule has 0 saturated carbocycles. The highest BCUT2D eigenvalue weighted by atomic mass is 16.2. The number of carbonyl (C=O) groups is 4. The summed E-state index contributed by atoms with van der Waals surface area (Å²) in [5.74, 6) is -1.98. The molecule has 0 N–H and O–H groups in total. The lowest BCUT2D eigenvalue weighted by Gasteiger charge is -2.32. The number of rotatable bonds is 4. The second-order valence-corrected chi connectivity index (χ2v) is 4.03. The zero-order chi connectivity index (χ0) is 13.3. The van der Waals surface area contributed by atoms with Crippen LogP contribution < -0.4 is 0 Å². The van der Waals surface area contributed by atoms with Crippen LogP contribution in [0.1, 0.15) is 19.8 Å². The fraction of sp³-hybridized carbons (Fsp3) is 0.333. The van der Waals surface area contributed by atoms with Crippen molar-refractivity contribution in [2.24, 2.45) is 0 Å². The summed E-state index contributed by atoms with van der Waals surface area (Å²) in [6, 6.07) is 0. The van der Waals surface area contributed by atoms with Crippen LogP contribution in [-0.4, -0.2) is 39.6 Å². The summed E-state index contributed by atoms with van der Waals surface area (Å²) in [4.78, 5) is 48.4. The van der Waals surface area contributed by atoms with Crippen LogP contribution in [0.3, 0.4) is 0 Å². The Balaban J connectivity index is 2.29. The van der Waals surface area contributed by atoms with Gasteiger partial charge < -0.3 is 0 Å². The van der Waals surface area contributed by atoms with Crippen molar-refractivity contribution in [1.82, 2.24) is 9.80 Å². The fourth-order valence-electron chi connectivity index (χ4n) is 2.04. The Bertz CT molecular complexity index is 414. The van der Waals surface area contributed by atoms with E-state index in [0.29, 0.717) is 12.8 Å². The van der Waals surface area contributed by atoms with Gasteiger partial charge in [-0.15, -0.1) is 0 Å². The molecule has 0 aliphatic carbocycles. The van der Waals surface area contributed by atoms with E-state index in [1.165, 1.54) is 0 Å². The summed E-state index contributed by atoms with van der Waals surface area (Å²) >= 11 is 0. The molecular formula is C12H12N2O4. The first kappa shape index (κ1) is 12.2. The Labute approximate surface area is 104 Å². The van der Waals surface area contributed by atoms with Gasteiger partial charge in [-0.2, -0.15) is 0 Å². The molecule has 6 nitrogen and oxygen atoms in total. The number of hydrogen-bond donors (Lipinski definition) is 0. The van der Waals surface area contributed by atoms with E-state index in [1.54, 1.807) is 0 Å². The molecule has 18 heavy (non-hydrogen) atoms. The van der Waals surface area contributed by atoms with Crippen LogP contribution in [-0.2, 0) is 19.2 Å². The molecule has 6 heteroatoms. The first-order valence-electron chi connectivity index (χ1n) is 5.66. The summed E-state index contributed by atoms with van der Waals surface area (Å²) < 4.78 is 0. The lowest BCUT2D eigenvalue weighted by atomic mass is 10.2. The fourth-order valence-corrected chi connectivity index (χ4v) is 2.04. The lowest BCUT2D eigenvalue weighted by Crippen LogP contribution is -2.53. The topological polar surface area (TPSA) is 74.8 Å². The predicted molar refractivity (Wildman–Crippen MR) is 60.7 cm³/mol. The van der Waals surface area contributed by atoms with E-state index < -0.39 is 29.8 Å². The highest BCUT2D eigenvalue weighted by Crippen LogP contribution is 2.20. The maximum absolute atomic E-state index is 11.6. The van der Waals surface area contributed by atoms with Gasteiger partial charge in [0.05, 0.1) is 0 Å². The van der Waals surface area contributed by atoms with Crippen molar-refractivity contribution in [2.75, 3.05) is 0 Å². The number of nitrogens with zero attached hydrogens (tertiary/aromatic N) is 2. The van der Waals surface area contributed by atoms with Gasteiger partial charge in [0.25, 0.3) is 23.6 Å². The minimum atomic E-state index is -0.833. The van der Waals surface area contributed by atoms with Gasteiger partial charge in [-0.05, 0) is 6.42 Å². The minimum absolute atomic E-state index is 0.373. The second kappa shape index (κ2) is 4.56. The van der Waals surface area contributed by atoms with Crippen molar-refractivity contribution in [3.63, 3.8) is 0 Å². The van der Waals surface area contributed by atoms with Crippen LogP contribution in [0, 0.1) is 0 Å². The van der Waals surface area contributed by atoms with E-state index >= 15 is 0 Å². The SMILES string of the molecule is CCCC(N1C(=O)C=CC1=O)N1C(=O)C=CC1=O. The second-order valence-electron chi connectivity index (χ2n) is 4.03. The van der Waals surface area contributed by atoms with E-state index in [2.05, 4.69) is 0 Å². The molecule has 2 rings (SSSR count). The molecule has 0 unspecified atom stereocenters. The minimum Gasteiger partial charge on any atom is -0.269 e. The molecule has 0 spiro atoms. The number of amides is 4. The van der Waals surface area contributed by atoms with Crippen LogP contribution in [0.2, 0.25) is 0 Å². The molecule has 0 bridgehead atoms. The molecule has 0 radical (unpaired) electrons. The predicted octanol–water partition coefficient (Wildman–Crippen LogP) is -0.0374. The van der Waals surface area contributed by atoms with E-state index in [1.807, 2.05) is 6.92 Å². The van der Waals surface area contributed by atoms with Gasteiger partial charge in [-0.3, -0.25) is 29.0 Å². The third-order valence-electron chi connectivity index (χ3n) is 2.83. The van der Waals surface area contributed by atoms with E-state index in [9.17, 15) is 19.2 Å². The molecule has 0 aromatic heterocycles. The summed E-state index contributed by atoms with van der Waals surface area (Å²) in [5.41, 5.74) is 0. The van der Waals surface area contributed by atoms with Crippen LogP contribution >= 0.6 is 0 Å². The van der Waals surface area contributed by atoms with Crippen molar-refractivity contribution in [3.05, 3.63) is 24.3 Å². The van der Waals surface area contributed by atoms with Crippen LogP contribution in [0.15, 0.2) is 24.3 Å².